The maximum Gasteiger partial charge on any atom is 0.287 e. The fraction of sp³-hybridized carbons (Fsp3) is 0.368. The molecule has 1 fully saturated rings. The van der Waals surface area contributed by atoms with Gasteiger partial charge in [0, 0.05) is 24.9 Å². The molecule has 2 aromatic rings. The van der Waals surface area contributed by atoms with Crippen molar-refractivity contribution in [3.63, 3.8) is 0 Å². The minimum Gasteiger partial charge on any atom is -0.459 e. The Morgan fingerprint density at radius 2 is 1.72 bits per heavy atom. The van der Waals surface area contributed by atoms with Gasteiger partial charge in [-0.25, -0.2) is 0 Å². The van der Waals surface area contributed by atoms with Gasteiger partial charge in [0.15, 0.2) is 5.76 Å². The van der Waals surface area contributed by atoms with Crippen molar-refractivity contribution in [1.29, 1.82) is 0 Å². The Labute approximate surface area is 147 Å². The van der Waals surface area contributed by atoms with Crippen molar-refractivity contribution in [3.05, 3.63) is 59.5 Å². The van der Waals surface area contributed by atoms with Crippen LogP contribution in [0.5, 0.6) is 0 Å². The van der Waals surface area contributed by atoms with Crippen molar-refractivity contribution < 1.29 is 18.9 Å². The smallest absolute Gasteiger partial charge is 0.287 e. The molecule has 6 nitrogen and oxygen atoms in total. The van der Waals surface area contributed by atoms with Crippen LogP contribution in [-0.4, -0.2) is 31.4 Å². The van der Waals surface area contributed by atoms with Gasteiger partial charge in [-0.2, -0.15) is 0 Å². The van der Waals surface area contributed by atoms with Crippen LogP contribution in [0.3, 0.4) is 0 Å². The molecule has 1 saturated heterocycles. The van der Waals surface area contributed by atoms with E-state index in [1.807, 2.05) is 12.1 Å². The van der Waals surface area contributed by atoms with Gasteiger partial charge in [-0.05, 0) is 17.7 Å². The standard InChI is InChI=1S/C19H23N3O3/c23-18(13-21-19(24)17-4-3-11-25-17)20-12-15-5-7-16(8-6-15)14-22-9-1-2-10-22/h3-8,11H,1-2,9-10,12-14H2,(H,20,23)(H,21,24)/p+1. The fourth-order valence-electron chi connectivity index (χ4n) is 3.03. The fourth-order valence-corrected chi connectivity index (χ4v) is 3.03. The van der Waals surface area contributed by atoms with Crippen molar-refractivity contribution >= 4 is 11.8 Å². The van der Waals surface area contributed by atoms with Gasteiger partial charge in [0.25, 0.3) is 5.91 Å². The number of furan rings is 1. The Morgan fingerprint density at radius 3 is 2.40 bits per heavy atom. The van der Waals surface area contributed by atoms with E-state index in [2.05, 4.69) is 22.8 Å². The summed E-state index contributed by atoms with van der Waals surface area (Å²) < 4.78 is 4.97. The van der Waals surface area contributed by atoms with Crippen LogP contribution in [0.15, 0.2) is 47.1 Å². The zero-order valence-corrected chi connectivity index (χ0v) is 14.2. The number of carbonyl (C=O) groups is 2. The summed E-state index contributed by atoms with van der Waals surface area (Å²) in [6.45, 7) is 3.98. The lowest BCUT2D eigenvalue weighted by atomic mass is 10.1. The van der Waals surface area contributed by atoms with E-state index < -0.39 is 5.91 Å². The molecule has 0 unspecified atom stereocenters. The minimum absolute atomic E-state index is 0.0735. The van der Waals surface area contributed by atoms with Crippen molar-refractivity contribution in [3.8, 4) is 0 Å². The van der Waals surface area contributed by atoms with Crippen LogP contribution in [0.25, 0.3) is 0 Å². The Kier molecular flexibility index (Phi) is 5.85. The molecule has 25 heavy (non-hydrogen) atoms. The second kappa shape index (κ2) is 8.48. The van der Waals surface area contributed by atoms with Crippen molar-refractivity contribution in [1.82, 2.24) is 10.6 Å². The number of hydrogen-bond acceptors (Lipinski definition) is 3. The lowest BCUT2D eigenvalue weighted by Gasteiger charge is -2.12. The van der Waals surface area contributed by atoms with Gasteiger partial charge in [-0.15, -0.1) is 0 Å². The molecule has 132 valence electrons. The average molecular weight is 342 g/mol. The van der Waals surface area contributed by atoms with E-state index in [1.54, 1.807) is 17.0 Å². The molecule has 3 N–H and O–H groups in total. The van der Waals surface area contributed by atoms with Crippen LogP contribution in [0.2, 0.25) is 0 Å². The van der Waals surface area contributed by atoms with Gasteiger partial charge < -0.3 is 20.0 Å². The molecular weight excluding hydrogens is 318 g/mol. The predicted octanol–water partition coefficient (Wildman–Crippen LogP) is 0.505. The number of hydrogen-bond donors (Lipinski definition) is 3. The summed E-state index contributed by atoms with van der Waals surface area (Å²) in [5.41, 5.74) is 2.38. The lowest BCUT2D eigenvalue weighted by Crippen LogP contribution is -3.08. The third-order valence-electron chi connectivity index (χ3n) is 4.43. The first-order valence-corrected chi connectivity index (χ1v) is 8.70. The van der Waals surface area contributed by atoms with E-state index in [0.717, 1.165) is 12.1 Å². The molecular formula is C19H24N3O3+. The molecule has 0 saturated carbocycles. The molecule has 1 aliphatic rings. The highest BCUT2D eigenvalue weighted by Gasteiger charge is 2.15. The van der Waals surface area contributed by atoms with Crippen LogP contribution in [0.1, 0.15) is 34.5 Å². The van der Waals surface area contributed by atoms with E-state index >= 15 is 0 Å². The Bertz CT molecular complexity index is 689. The topological polar surface area (TPSA) is 75.8 Å². The number of nitrogens with one attached hydrogen (secondary N) is 3. The number of likely N-dealkylation sites (tertiary alicyclic amines) is 1. The van der Waals surface area contributed by atoms with E-state index in [9.17, 15) is 9.59 Å². The Morgan fingerprint density at radius 1 is 1.00 bits per heavy atom. The van der Waals surface area contributed by atoms with Crippen molar-refractivity contribution in [2.45, 2.75) is 25.9 Å². The normalized spacial score (nSPS) is 14.4. The highest BCUT2D eigenvalue weighted by Crippen LogP contribution is 2.04. The number of carbonyl (C=O) groups excluding carboxylic acids is 2. The second-order valence-electron chi connectivity index (χ2n) is 6.39. The summed E-state index contributed by atoms with van der Waals surface area (Å²) in [5.74, 6) is -0.428. The zero-order valence-electron chi connectivity index (χ0n) is 14.2. The first-order valence-electron chi connectivity index (χ1n) is 8.70. The lowest BCUT2D eigenvalue weighted by molar-refractivity contribution is -0.901. The molecule has 0 spiro atoms. The van der Waals surface area contributed by atoms with Crippen molar-refractivity contribution in [2.75, 3.05) is 19.6 Å². The molecule has 0 bridgehead atoms. The van der Waals surface area contributed by atoms with Gasteiger partial charge >= 0.3 is 0 Å². The number of amides is 2. The molecule has 6 heteroatoms. The maximum atomic E-state index is 11.8. The second-order valence-corrected chi connectivity index (χ2v) is 6.39. The average Bonchev–Trinajstić information content (AvgIpc) is 3.33. The van der Waals surface area contributed by atoms with Gasteiger partial charge in [-0.1, -0.05) is 24.3 Å². The van der Waals surface area contributed by atoms with E-state index in [0.29, 0.717) is 6.54 Å². The molecule has 2 heterocycles. The molecule has 0 radical (unpaired) electrons. The van der Waals surface area contributed by atoms with Gasteiger partial charge in [0.1, 0.15) is 6.54 Å². The third-order valence-corrected chi connectivity index (χ3v) is 4.43. The highest BCUT2D eigenvalue weighted by molar-refractivity contribution is 5.94. The van der Waals surface area contributed by atoms with Crippen molar-refractivity contribution in [2.24, 2.45) is 0 Å². The molecule has 1 aliphatic heterocycles. The first-order chi connectivity index (χ1) is 12.2. The monoisotopic (exact) mass is 342 g/mol. The van der Waals surface area contributed by atoms with Gasteiger partial charge in [0.2, 0.25) is 5.91 Å². The zero-order chi connectivity index (χ0) is 17.5. The largest absolute Gasteiger partial charge is 0.459 e. The summed E-state index contributed by atoms with van der Waals surface area (Å²) in [6, 6.07) is 11.5. The summed E-state index contributed by atoms with van der Waals surface area (Å²) in [4.78, 5) is 25.2. The highest BCUT2D eigenvalue weighted by atomic mass is 16.3. The van der Waals surface area contributed by atoms with Crippen LogP contribution in [0.4, 0.5) is 0 Å². The van der Waals surface area contributed by atoms with E-state index in [1.165, 1.54) is 37.8 Å². The Hall–Kier alpha value is -2.60. The molecule has 3 rings (SSSR count). The van der Waals surface area contributed by atoms with Crippen LogP contribution in [-0.2, 0) is 17.9 Å². The van der Waals surface area contributed by atoms with Gasteiger partial charge in [0.05, 0.1) is 25.9 Å². The number of benzene rings is 1. The summed E-state index contributed by atoms with van der Waals surface area (Å²) in [5, 5.41) is 5.33. The summed E-state index contributed by atoms with van der Waals surface area (Å²) in [6.07, 6.45) is 4.08. The molecule has 0 atom stereocenters. The van der Waals surface area contributed by atoms with Gasteiger partial charge in [-0.3, -0.25) is 9.59 Å². The van der Waals surface area contributed by atoms with E-state index in [4.69, 9.17) is 4.42 Å². The SMILES string of the molecule is O=C(CNC(=O)c1ccco1)NCc1ccc(C[NH+]2CCCC2)cc1. The molecule has 1 aromatic heterocycles. The first kappa shape index (κ1) is 17.2. The minimum atomic E-state index is -0.395. The summed E-state index contributed by atoms with van der Waals surface area (Å²) in [7, 11) is 0. The number of rotatable bonds is 7. The quantitative estimate of drug-likeness (QED) is 0.686. The predicted molar refractivity (Wildman–Crippen MR) is 93.0 cm³/mol. The number of quaternary nitrogens is 1. The Balaban J connectivity index is 1.38. The van der Waals surface area contributed by atoms with Crippen LogP contribution < -0.4 is 15.5 Å². The molecule has 0 aliphatic carbocycles. The van der Waals surface area contributed by atoms with Crippen LogP contribution >= 0.6 is 0 Å². The van der Waals surface area contributed by atoms with E-state index in [-0.39, 0.29) is 18.2 Å². The maximum absolute atomic E-state index is 11.8. The van der Waals surface area contributed by atoms with Crippen LogP contribution in [0, 0.1) is 0 Å². The molecule has 1 aromatic carbocycles. The third kappa shape index (κ3) is 5.19. The molecule has 2 amide bonds. The summed E-state index contributed by atoms with van der Waals surface area (Å²) >= 11 is 0.